The molecular weight excluding hydrogens is 188 g/mol. The lowest BCUT2D eigenvalue weighted by atomic mass is 10.0. The lowest BCUT2D eigenvalue weighted by Crippen LogP contribution is -1.89. The second-order valence-corrected chi connectivity index (χ2v) is 3.57. The maximum atomic E-state index is 10.7. The molecule has 2 aromatic rings. The van der Waals surface area contributed by atoms with Gasteiger partial charge in [0.15, 0.2) is 0 Å². The van der Waals surface area contributed by atoms with Crippen molar-refractivity contribution < 1.29 is 9.53 Å². The monoisotopic (exact) mass is 200 g/mol. The van der Waals surface area contributed by atoms with E-state index in [0.717, 1.165) is 22.8 Å². The van der Waals surface area contributed by atoms with Crippen molar-refractivity contribution in [2.24, 2.45) is 0 Å². The van der Waals surface area contributed by atoms with Gasteiger partial charge < -0.3 is 4.74 Å². The molecule has 2 aromatic carbocycles. The number of carbonyl (C=O) groups is 1. The van der Waals surface area contributed by atoms with E-state index in [1.54, 1.807) is 13.2 Å². The Morgan fingerprint density at radius 2 is 2.00 bits per heavy atom. The van der Waals surface area contributed by atoms with Gasteiger partial charge in [0, 0.05) is 10.9 Å². The van der Waals surface area contributed by atoms with Crippen LogP contribution in [0.4, 0.5) is 0 Å². The molecule has 0 unspecified atom stereocenters. The Balaban J connectivity index is 2.80. The van der Waals surface area contributed by atoms with Gasteiger partial charge in [-0.25, -0.2) is 0 Å². The lowest BCUT2D eigenvalue weighted by Gasteiger charge is -2.07. The van der Waals surface area contributed by atoms with Gasteiger partial charge in [-0.2, -0.15) is 0 Å². The third kappa shape index (κ3) is 1.71. The highest BCUT2D eigenvalue weighted by Crippen LogP contribution is 2.27. The second-order valence-electron chi connectivity index (χ2n) is 3.57. The van der Waals surface area contributed by atoms with Crippen molar-refractivity contribution in [2.45, 2.75) is 6.92 Å². The Labute approximate surface area is 88.5 Å². The fourth-order valence-electron chi connectivity index (χ4n) is 1.70. The molecule has 2 rings (SSSR count). The molecule has 0 saturated heterocycles. The highest BCUT2D eigenvalue weighted by Gasteiger charge is 2.04. The third-order valence-electron chi connectivity index (χ3n) is 2.45. The van der Waals surface area contributed by atoms with Crippen LogP contribution in [-0.2, 0) is 0 Å². The lowest BCUT2D eigenvalue weighted by molar-refractivity contribution is 0.112. The Kier molecular flexibility index (Phi) is 2.42. The molecule has 2 nitrogen and oxygen atoms in total. The maximum Gasteiger partial charge on any atom is 0.150 e. The summed E-state index contributed by atoms with van der Waals surface area (Å²) in [4.78, 5) is 10.7. The first kappa shape index (κ1) is 9.71. The first-order valence-corrected chi connectivity index (χ1v) is 4.78. The van der Waals surface area contributed by atoms with Gasteiger partial charge in [0.1, 0.15) is 12.0 Å². The van der Waals surface area contributed by atoms with Gasteiger partial charge in [-0.15, -0.1) is 0 Å². The fourth-order valence-corrected chi connectivity index (χ4v) is 1.70. The minimum atomic E-state index is 0.642. The zero-order chi connectivity index (χ0) is 10.8. The third-order valence-corrected chi connectivity index (χ3v) is 2.45. The van der Waals surface area contributed by atoms with Crippen LogP contribution in [0.15, 0.2) is 30.3 Å². The zero-order valence-corrected chi connectivity index (χ0v) is 8.78. The summed E-state index contributed by atoms with van der Waals surface area (Å²) in [5.74, 6) is 0.748. The van der Waals surface area contributed by atoms with E-state index >= 15 is 0 Å². The standard InChI is InChI=1S/C13H12O2/c1-9-3-4-11-6-10(8-14)7-13(15-2)12(11)5-9/h3-8H,1-2H3. The van der Waals surface area contributed by atoms with Gasteiger partial charge in [0.25, 0.3) is 0 Å². The van der Waals surface area contributed by atoms with Gasteiger partial charge in [0.2, 0.25) is 0 Å². The summed E-state index contributed by atoms with van der Waals surface area (Å²) in [5.41, 5.74) is 1.82. The number of ether oxygens (including phenoxy) is 1. The van der Waals surface area contributed by atoms with E-state index in [1.807, 2.05) is 25.1 Å². The molecule has 0 atom stereocenters. The summed E-state index contributed by atoms with van der Waals surface area (Å²) in [6.45, 7) is 2.03. The van der Waals surface area contributed by atoms with Crippen molar-refractivity contribution in [3.63, 3.8) is 0 Å². The van der Waals surface area contributed by atoms with E-state index < -0.39 is 0 Å². The molecule has 0 amide bonds. The number of benzene rings is 2. The van der Waals surface area contributed by atoms with Crippen molar-refractivity contribution in [3.05, 3.63) is 41.5 Å². The van der Waals surface area contributed by atoms with Crippen LogP contribution >= 0.6 is 0 Å². The van der Waals surface area contributed by atoms with E-state index in [0.29, 0.717) is 5.56 Å². The summed E-state index contributed by atoms with van der Waals surface area (Å²) in [5, 5.41) is 2.07. The molecule has 0 heterocycles. The predicted molar refractivity (Wildman–Crippen MR) is 60.6 cm³/mol. The van der Waals surface area contributed by atoms with Crippen molar-refractivity contribution in [3.8, 4) is 5.75 Å². The van der Waals surface area contributed by atoms with Crippen LogP contribution in [0.25, 0.3) is 10.8 Å². The number of aldehydes is 1. The molecule has 0 N–H and O–H groups in total. The van der Waals surface area contributed by atoms with Crippen LogP contribution in [0.2, 0.25) is 0 Å². The van der Waals surface area contributed by atoms with Crippen LogP contribution in [0, 0.1) is 6.92 Å². The number of hydrogen-bond donors (Lipinski definition) is 0. The number of fused-ring (bicyclic) bond motifs is 1. The normalized spacial score (nSPS) is 10.3. The Morgan fingerprint density at radius 1 is 1.20 bits per heavy atom. The average molecular weight is 200 g/mol. The van der Waals surface area contributed by atoms with Gasteiger partial charge >= 0.3 is 0 Å². The first-order chi connectivity index (χ1) is 7.24. The molecule has 0 aliphatic carbocycles. The SMILES string of the molecule is COc1cc(C=O)cc2ccc(C)cc12. The van der Waals surface area contributed by atoms with Gasteiger partial charge in [-0.1, -0.05) is 17.7 Å². The van der Waals surface area contributed by atoms with Gasteiger partial charge in [0.05, 0.1) is 7.11 Å². The Morgan fingerprint density at radius 3 is 2.67 bits per heavy atom. The Hall–Kier alpha value is -1.83. The maximum absolute atomic E-state index is 10.7. The number of rotatable bonds is 2. The van der Waals surface area contributed by atoms with E-state index in [2.05, 4.69) is 6.07 Å². The molecule has 2 heteroatoms. The molecule has 15 heavy (non-hydrogen) atoms. The van der Waals surface area contributed by atoms with E-state index in [-0.39, 0.29) is 0 Å². The van der Waals surface area contributed by atoms with Crippen molar-refractivity contribution in [1.82, 2.24) is 0 Å². The number of methoxy groups -OCH3 is 1. The first-order valence-electron chi connectivity index (χ1n) is 4.78. The molecule has 76 valence electrons. The quantitative estimate of drug-likeness (QED) is 0.696. The Bertz CT molecular complexity index is 515. The zero-order valence-electron chi connectivity index (χ0n) is 8.78. The van der Waals surface area contributed by atoms with Crippen LogP contribution in [0.5, 0.6) is 5.75 Å². The molecule has 0 aliphatic rings. The fraction of sp³-hybridized carbons (Fsp3) is 0.154. The second kappa shape index (κ2) is 3.73. The highest BCUT2D eigenvalue weighted by molar-refractivity contribution is 5.94. The van der Waals surface area contributed by atoms with Crippen molar-refractivity contribution in [1.29, 1.82) is 0 Å². The molecule has 0 spiro atoms. The average Bonchev–Trinajstić information content (AvgIpc) is 2.27. The summed E-state index contributed by atoms with van der Waals surface area (Å²) in [6.07, 6.45) is 0.835. The summed E-state index contributed by atoms with van der Waals surface area (Å²) < 4.78 is 5.27. The molecule has 0 aliphatic heterocycles. The largest absolute Gasteiger partial charge is 0.496 e. The molecule has 0 aromatic heterocycles. The minimum Gasteiger partial charge on any atom is -0.496 e. The van der Waals surface area contributed by atoms with E-state index in [4.69, 9.17) is 4.74 Å². The number of aryl methyl sites for hydroxylation is 1. The van der Waals surface area contributed by atoms with Crippen LogP contribution in [0.3, 0.4) is 0 Å². The van der Waals surface area contributed by atoms with Crippen LogP contribution < -0.4 is 4.74 Å². The van der Waals surface area contributed by atoms with Crippen LogP contribution in [-0.4, -0.2) is 13.4 Å². The van der Waals surface area contributed by atoms with Gasteiger partial charge in [-0.3, -0.25) is 4.79 Å². The minimum absolute atomic E-state index is 0.642. The highest BCUT2D eigenvalue weighted by atomic mass is 16.5. The summed E-state index contributed by atoms with van der Waals surface area (Å²) in [7, 11) is 1.62. The molecule has 0 saturated carbocycles. The summed E-state index contributed by atoms with van der Waals surface area (Å²) in [6, 6.07) is 9.71. The number of carbonyl (C=O) groups excluding carboxylic acids is 1. The van der Waals surface area contributed by atoms with E-state index in [1.165, 1.54) is 5.56 Å². The topological polar surface area (TPSA) is 26.3 Å². The van der Waals surface area contributed by atoms with Crippen molar-refractivity contribution >= 4 is 17.1 Å². The molecule has 0 bridgehead atoms. The molecule has 0 radical (unpaired) electrons. The smallest absolute Gasteiger partial charge is 0.150 e. The van der Waals surface area contributed by atoms with Crippen LogP contribution in [0.1, 0.15) is 15.9 Å². The number of hydrogen-bond acceptors (Lipinski definition) is 2. The van der Waals surface area contributed by atoms with Crippen molar-refractivity contribution in [2.75, 3.05) is 7.11 Å². The molecular formula is C13H12O2. The predicted octanol–water partition coefficient (Wildman–Crippen LogP) is 2.97. The van der Waals surface area contributed by atoms with Gasteiger partial charge in [-0.05, 0) is 30.5 Å². The summed E-state index contributed by atoms with van der Waals surface area (Å²) >= 11 is 0. The van der Waals surface area contributed by atoms with E-state index in [9.17, 15) is 4.79 Å². The molecule has 0 fully saturated rings.